The van der Waals surface area contributed by atoms with Crippen molar-refractivity contribution in [2.24, 2.45) is 0 Å². The highest BCUT2D eigenvalue weighted by molar-refractivity contribution is 7.12. The zero-order valence-corrected chi connectivity index (χ0v) is 11.3. The predicted molar refractivity (Wildman–Crippen MR) is 72.6 cm³/mol. The molecule has 1 fully saturated rings. The van der Waals surface area contributed by atoms with Crippen LogP contribution >= 0.6 is 11.3 Å². The van der Waals surface area contributed by atoms with E-state index in [2.05, 4.69) is 24.1 Å². The van der Waals surface area contributed by atoms with Gasteiger partial charge in [-0.05, 0) is 31.2 Å². The van der Waals surface area contributed by atoms with Gasteiger partial charge >= 0.3 is 0 Å². The molecule has 0 aliphatic heterocycles. The molecule has 3 nitrogen and oxygen atoms in total. The fourth-order valence-electron chi connectivity index (χ4n) is 2.33. The van der Waals surface area contributed by atoms with Gasteiger partial charge in [0.15, 0.2) is 0 Å². The third-order valence-corrected chi connectivity index (χ3v) is 4.21. The first kappa shape index (κ1) is 13.1. The molecule has 2 rings (SSSR count). The van der Waals surface area contributed by atoms with E-state index in [0.29, 0.717) is 10.4 Å². The fourth-order valence-corrected chi connectivity index (χ4v) is 3.07. The van der Waals surface area contributed by atoms with Gasteiger partial charge < -0.3 is 10.4 Å². The number of hydrogen-bond donors (Lipinski definition) is 2. The highest BCUT2D eigenvalue weighted by Gasteiger charge is 2.31. The van der Waals surface area contributed by atoms with Crippen LogP contribution in [-0.2, 0) is 0 Å². The fraction of sp³-hybridized carbons (Fsp3) is 0.500. The number of nitrogens with one attached hydrogen (secondary N) is 1. The highest BCUT2D eigenvalue weighted by Crippen LogP contribution is 2.29. The molecule has 1 aromatic heterocycles. The first-order valence-electron chi connectivity index (χ1n) is 6.14. The number of carbonyl (C=O) groups excluding carboxylic acids is 1. The molecular formula is C14H17NO2S. The molecule has 1 saturated carbocycles. The quantitative estimate of drug-likeness (QED) is 0.803. The Morgan fingerprint density at radius 2 is 2.28 bits per heavy atom. The van der Waals surface area contributed by atoms with Crippen molar-refractivity contribution in [3.8, 4) is 11.8 Å². The third kappa shape index (κ3) is 2.92. The third-order valence-electron chi connectivity index (χ3n) is 3.30. The Kier molecular flexibility index (Phi) is 4.05. The molecule has 4 heteroatoms. The molecule has 1 aliphatic carbocycles. The van der Waals surface area contributed by atoms with E-state index in [-0.39, 0.29) is 18.1 Å². The van der Waals surface area contributed by atoms with Crippen molar-refractivity contribution in [1.29, 1.82) is 0 Å². The van der Waals surface area contributed by atoms with E-state index in [1.165, 1.54) is 24.2 Å². The number of carbonyl (C=O) groups is 1. The Morgan fingerprint density at radius 1 is 1.56 bits per heavy atom. The van der Waals surface area contributed by atoms with Crippen LogP contribution in [-0.4, -0.2) is 23.2 Å². The lowest BCUT2D eigenvalue weighted by molar-refractivity contribution is 0.0912. The zero-order chi connectivity index (χ0) is 13.0. The van der Waals surface area contributed by atoms with Crippen molar-refractivity contribution < 1.29 is 9.90 Å². The van der Waals surface area contributed by atoms with Crippen LogP contribution in [0, 0.1) is 11.8 Å². The number of aliphatic hydroxyl groups excluding tert-OH is 1. The lowest BCUT2D eigenvalue weighted by Gasteiger charge is -2.24. The molecule has 1 aliphatic rings. The molecule has 0 radical (unpaired) electrons. The molecular weight excluding hydrogens is 246 g/mol. The summed E-state index contributed by atoms with van der Waals surface area (Å²) in [6.45, 7) is 1.92. The molecule has 0 bridgehead atoms. The van der Waals surface area contributed by atoms with Crippen molar-refractivity contribution in [2.75, 3.05) is 6.61 Å². The summed E-state index contributed by atoms with van der Waals surface area (Å²) in [6.07, 6.45) is 4.44. The largest absolute Gasteiger partial charge is 0.384 e. The van der Waals surface area contributed by atoms with Crippen LogP contribution in [0.2, 0.25) is 0 Å². The maximum atomic E-state index is 12.2. The second kappa shape index (κ2) is 5.55. The number of thiophene rings is 1. The number of hydrogen-bond acceptors (Lipinski definition) is 3. The predicted octanol–water partition coefficient (Wildman–Crippen LogP) is 2.15. The van der Waals surface area contributed by atoms with Gasteiger partial charge in [-0.25, -0.2) is 0 Å². The Bertz CT molecular complexity index is 489. The van der Waals surface area contributed by atoms with Gasteiger partial charge in [-0.3, -0.25) is 4.79 Å². The minimum absolute atomic E-state index is 0.0448. The summed E-state index contributed by atoms with van der Waals surface area (Å²) >= 11 is 1.39. The van der Waals surface area contributed by atoms with Crippen LogP contribution in [0.3, 0.4) is 0 Å². The van der Waals surface area contributed by atoms with Crippen LogP contribution in [0.4, 0.5) is 0 Å². The smallest absolute Gasteiger partial charge is 0.263 e. The topological polar surface area (TPSA) is 49.3 Å². The van der Waals surface area contributed by atoms with E-state index in [1.54, 1.807) is 0 Å². The summed E-state index contributed by atoms with van der Waals surface area (Å²) in [7, 11) is 0. The molecule has 0 aromatic carbocycles. The molecule has 0 atom stereocenters. The van der Waals surface area contributed by atoms with Gasteiger partial charge in [0.25, 0.3) is 5.91 Å². The van der Waals surface area contributed by atoms with Crippen LogP contribution in [0.5, 0.6) is 0 Å². The van der Waals surface area contributed by atoms with Crippen molar-refractivity contribution in [3.05, 3.63) is 21.9 Å². The summed E-state index contributed by atoms with van der Waals surface area (Å²) in [5.41, 5.74) is 0.635. The summed E-state index contributed by atoms with van der Waals surface area (Å²) < 4.78 is 0. The minimum atomic E-state index is -0.186. The van der Waals surface area contributed by atoms with Gasteiger partial charge in [-0.15, -0.1) is 11.3 Å². The second-order valence-electron chi connectivity index (χ2n) is 4.85. The standard InChI is InChI=1S/C14H17NO2S/c1-14(7-2-3-8-14)15-13(17)12-11(5-4-9-16)6-10-18-12/h6,10,16H,2-3,7-9H2,1H3,(H,15,17). The highest BCUT2D eigenvalue weighted by atomic mass is 32.1. The van der Waals surface area contributed by atoms with Gasteiger partial charge in [0.2, 0.25) is 0 Å². The first-order valence-corrected chi connectivity index (χ1v) is 7.02. The lowest BCUT2D eigenvalue weighted by atomic mass is 10.0. The number of rotatable bonds is 2. The molecule has 96 valence electrons. The zero-order valence-electron chi connectivity index (χ0n) is 10.5. The monoisotopic (exact) mass is 263 g/mol. The minimum Gasteiger partial charge on any atom is -0.384 e. The first-order chi connectivity index (χ1) is 8.64. The summed E-state index contributed by atoms with van der Waals surface area (Å²) in [6, 6.07) is 1.82. The Morgan fingerprint density at radius 3 is 2.94 bits per heavy atom. The maximum Gasteiger partial charge on any atom is 0.263 e. The maximum absolute atomic E-state index is 12.2. The molecule has 0 spiro atoms. The van der Waals surface area contributed by atoms with E-state index in [1.807, 2.05) is 11.4 Å². The normalized spacial score (nSPS) is 17.0. The van der Waals surface area contributed by atoms with Crippen molar-refractivity contribution in [3.63, 3.8) is 0 Å². The van der Waals surface area contributed by atoms with Crippen LogP contribution in [0.15, 0.2) is 11.4 Å². The van der Waals surface area contributed by atoms with Crippen LogP contribution in [0.25, 0.3) is 0 Å². The average Bonchev–Trinajstić information content (AvgIpc) is 2.95. The van der Waals surface area contributed by atoms with Crippen molar-refractivity contribution in [1.82, 2.24) is 5.32 Å². The van der Waals surface area contributed by atoms with Crippen LogP contribution in [0.1, 0.15) is 47.8 Å². The van der Waals surface area contributed by atoms with Gasteiger partial charge in [-0.2, -0.15) is 0 Å². The summed E-state index contributed by atoms with van der Waals surface area (Å²) in [4.78, 5) is 12.9. The lowest BCUT2D eigenvalue weighted by Crippen LogP contribution is -2.43. The van der Waals surface area contributed by atoms with Crippen molar-refractivity contribution in [2.45, 2.75) is 38.1 Å². The average molecular weight is 263 g/mol. The van der Waals surface area contributed by atoms with E-state index in [4.69, 9.17) is 5.11 Å². The van der Waals surface area contributed by atoms with Crippen molar-refractivity contribution >= 4 is 17.2 Å². The van der Waals surface area contributed by atoms with Gasteiger partial charge in [-0.1, -0.05) is 24.7 Å². The van der Waals surface area contributed by atoms with E-state index in [0.717, 1.165) is 12.8 Å². The molecule has 1 heterocycles. The number of amides is 1. The molecule has 18 heavy (non-hydrogen) atoms. The molecule has 1 amide bonds. The van der Waals surface area contributed by atoms with Gasteiger partial charge in [0, 0.05) is 11.1 Å². The molecule has 0 saturated heterocycles. The SMILES string of the molecule is CC1(NC(=O)c2sccc2C#CCO)CCCC1. The Labute approximate surface area is 111 Å². The van der Waals surface area contributed by atoms with E-state index < -0.39 is 0 Å². The Hall–Kier alpha value is -1.31. The Balaban J connectivity index is 2.11. The molecule has 1 aromatic rings. The molecule has 2 N–H and O–H groups in total. The second-order valence-corrected chi connectivity index (χ2v) is 5.76. The van der Waals surface area contributed by atoms with Gasteiger partial charge in [0.05, 0.1) is 0 Å². The summed E-state index contributed by atoms with van der Waals surface area (Å²) in [5.74, 6) is 5.35. The van der Waals surface area contributed by atoms with E-state index >= 15 is 0 Å². The van der Waals surface area contributed by atoms with E-state index in [9.17, 15) is 4.79 Å². The van der Waals surface area contributed by atoms with Gasteiger partial charge in [0.1, 0.15) is 11.5 Å². The molecule has 0 unspecified atom stereocenters. The summed E-state index contributed by atoms with van der Waals surface area (Å²) in [5, 5.41) is 13.7. The number of aliphatic hydroxyl groups is 1. The van der Waals surface area contributed by atoms with Crippen LogP contribution < -0.4 is 5.32 Å².